The Morgan fingerprint density at radius 2 is 2.35 bits per heavy atom. The molecule has 2 heterocycles. The molecule has 2 rings (SSSR count). The first-order valence-electron chi connectivity index (χ1n) is 4.53. The fourth-order valence-corrected chi connectivity index (χ4v) is 1.12. The van der Waals surface area contributed by atoms with Crippen LogP contribution in [0.2, 0.25) is 0 Å². The molecule has 0 aliphatic carbocycles. The maximum absolute atomic E-state index is 10.7. The molecule has 0 saturated carbocycles. The molecule has 0 amide bonds. The molecule has 0 aromatic carbocycles. The van der Waals surface area contributed by atoms with Gasteiger partial charge in [-0.05, 0) is 6.92 Å². The lowest BCUT2D eigenvalue weighted by atomic mass is 10.5. The number of nitrogens with one attached hydrogen (secondary N) is 1. The van der Waals surface area contributed by atoms with Gasteiger partial charge in [0.2, 0.25) is 11.8 Å². The summed E-state index contributed by atoms with van der Waals surface area (Å²) in [7, 11) is 0. The SMILES string of the molecule is Cc1cc(Oc2nc(N)ncc2[N+](=O)[O-])n[nH]1. The zero-order chi connectivity index (χ0) is 12.4. The molecule has 0 saturated heterocycles. The van der Waals surface area contributed by atoms with Crippen LogP contribution < -0.4 is 10.5 Å². The third-order valence-corrected chi connectivity index (χ3v) is 1.83. The van der Waals surface area contributed by atoms with Crippen molar-refractivity contribution in [2.45, 2.75) is 6.92 Å². The minimum Gasteiger partial charge on any atom is -0.413 e. The van der Waals surface area contributed by atoms with E-state index in [1.165, 1.54) is 0 Å². The van der Waals surface area contributed by atoms with Crippen LogP contribution >= 0.6 is 0 Å². The molecular weight excluding hydrogens is 228 g/mol. The summed E-state index contributed by atoms with van der Waals surface area (Å²) in [5, 5.41) is 17.1. The van der Waals surface area contributed by atoms with Crippen molar-refractivity contribution in [2.24, 2.45) is 0 Å². The van der Waals surface area contributed by atoms with Crippen molar-refractivity contribution in [3.63, 3.8) is 0 Å². The highest BCUT2D eigenvalue weighted by Crippen LogP contribution is 2.27. The molecule has 0 aliphatic heterocycles. The van der Waals surface area contributed by atoms with Crippen LogP contribution in [0.3, 0.4) is 0 Å². The lowest BCUT2D eigenvalue weighted by Gasteiger charge is -2.01. The molecule has 0 radical (unpaired) electrons. The van der Waals surface area contributed by atoms with E-state index in [0.29, 0.717) is 0 Å². The Balaban J connectivity index is 2.37. The highest BCUT2D eigenvalue weighted by molar-refractivity contribution is 5.43. The van der Waals surface area contributed by atoms with Gasteiger partial charge in [-0.25, -0.2) is 4.98 Å². The number of ether oxygens (including phenoxy) is 1. The molecular formula is C8H8N6O3. The van der Waals surface area contributed by atoms with Gasteiger partial charge < -0.3 is 10.5 Å². The number of nitro groups is 1. The third kappa shape index (κ3) is 2.27. The van der Waals surface area contributed by atoms with Gasteiger partial charge in [-0.1, -0.05) is 0 Å². The first-order valence-corrected chi connectivity index (χ1v) is 4.53. The molecule has 0 unspecified atom stereocenters. The number of H-pyrrole nitrogens is 1. The van der Waals surface area contributed by atoms with Crippen molar-refractivity contribution >= 4 is 11.6 Å². The van der Waals surface area contributed by atoms with E-state index in [-0.39, 0.29) is 23.4 Å². The number of nitrogens with two attached hydrogens (primary N) is 1. The molecule has 17 heavy (non-hydrogen) atoms. The number of rotatable bonds is 3. The van der Waals surface area contributed by atoms with E-state index < -0.39 is 4.92 Å². The van der Waals surface area contributed by atoms with E-state index in [1.807, 2.05) is 0 Å². The summed E-state index contributed by atoms with van der Waals surface area (Å²) in [6, 6.07) is 1.57. The van der Waals surface area contributed by atoms with Crippen molar-refractivity contribution < 1.29 is 9.66 Å². The largest absolute Gasteiger partial charge is 0.413 e. The van der Waals surface area contributed by atoms with Crippen LogP contribution in [0.4, 0.5) is 11.6 Å². The first kappa shape index (κ1) is 10.8. The van der Waals surface area contributed by atoms with Crippen molar-refractivity contribution in [3.8, 4) is 11.8 Å². The summed E-state index contributed by atoms with van der Waals surface area (Å²) in [5.74, 6) is -0.185. The molecule has 0 atom stereocenters. The summed E-state index contributed by atoms with van der Waals surface area (Å²) in [6.07, 6.45) is 0.983. The molecule has 2 aromatic heterocycles. The second-order valence-corrected chi connectivity index (χ2v) is 3.17. The lowest BCUT2D eigenvalue weighted by Crippen LogP contribution is -2.01. The van der Waals surface area contributed by atoms with Crippen molar-refractivity contribution in [3.05, 3.63) is 28.1 Å². The third-order valence-electron chi connectivity index (χ3n) is 1.83. The number of hydrogen-bond acceptors (Lipinski definition) is 7. The Hall–Kier alpha value is -2.71. The highest BCUT2D eigenvalue weighted by Gasteiger charge is 2.19. The zero-order valence-electron chi connectivity index (χ0n) is 8.75. The smallest absolute Gasteiger partial charge is 0.349 e. The maximum Gasteiger partial charge on any atom is 0.349 e. The second-order valence-electron chi connectivity index (χ2n) is 3.17. The number of hydrogen-bond donors (Lipinski definition) is 2. The predicted octanol–water partition coefficient (Wildman–Crippen LogP) is 0.791. The van der Waals surface area contributed by atoms with Crippen LogP contribution in [-0.4, -0.2) is 25.1 Å². The number of nitrogens with zero attached hydrogens (tertiary/aromatic N) is 4. The Bertz CT molecular complexity index is 566. The van der Waals surface area contributed by atoms with Crippen LogP contribution in [-0.2, 0) is 0 Å². The number of aromatic nitrogens is 4. The van der Waals surface area contributed by atoms with E-state index >= 15 is 0 Å². The number of aromatic amines is 1. The van der Waals surface area contributed by atoms with Crippen LogP contribution in [0.1, 0.15) is 5.69 Å². The summed E-state index contributed by atoms with van der Waals surface area (Å²) in [6.45, 7) is 1.77. The Kier molecular flexibility index (Phi) is 2.57. The molecule has 9 nitrogen and oxygen atoms in total. The molecule has 0 aliphatic rings. The van der Waals surface area contributed by atoms with Gasteiger partial charge in [-0.2, -0.15) is 4.98 Å². The van der Waals surface area contributed by atoms with E-state index in [9.17, 15) is 10.1 Å². The Morgan fingerprint density at radius 3 is 2.94 bits per heavy atom. The highest BCUT2D eigenvalue weighted by atomic mass is 16.6. The van der Waals surface area contributed by atoms with Gasteiger partial charge in [0.15, 0.2) is 0 Å². The van der Waals surface area contributed by atoms with Gasteiger partial charge in [0.1, 0.15) is 6.20 Å². The molecule has 0 fully saturated rings. The van der Waals surface area contributed by atoms with E-state index in [1.54, 1.807) is 13.0 Å². The normalized spacial score (nSPS) is 10.2. The minimum absolute atomic E-state index is 0.113. The van der Waals surface area contributed by atoms with Crippen LogP contribution in [0.5, 0.6) is 11.8 Å². The van der Waals surface area contributed by atoms with Gasteiger partial charge >= 0.3 is 11.6 Å². The minimum atomic E-state index is -0.658. The predicted molar refractivity (Wildman–Crippen MR) is 56.5 cm³/mol. The lowest BCUT2D eigenvalue weighted by molar-refractivity contribution is -0.386. The van der Waals surface area contributed by atoms with Gasteiger partial charge in [-0.15, -0.1) is 5.10 Å². The van der Waals surface area contributed by atoms with Gasteiger partial charge in [0.05, 0.1) is 4.92 Å². The van der Waals surface area contributed by atoms with Gasteiger partial charge in [0, 0.05) is 11.8 Å². The summed E-state index contributed by atoms with van der Waals surface area (Å²) in [4.78, 5) is 17.2. The Morgan fingerprint density at radius 1 is 1.59 bits per heavy atom. The number of aryl methyl sites for hydroxylation is 1. The average Bonchev–Trinajstić information content (AvgIpc) is 2.63. The van der Waals surface area contributed by atoms with Crippen LogP contribution in [0.25, 0.3) is 0 Å². The van der Waals surface area contributed by atoms with Crippen molar-refractivity contribution in [1.29, 1.82) is 0 Å². The van der Waals surface area contributed by atoms with E-state index in [4.69, 9.17) is 10.5 Å². The summed E-state index contributed by atoms with van der Waals surface area (Å²) >= 11 is 0. The fourth-order valence-electron chi connectivity index (χ4n) is 1.12. The molecule has 2 aromatic rings. The molecule has 0 bridgehead atoms. The quantitative estimate of drug-likeness (QED) is 0.594. The van der Waals surface area contributed by atoms with Crippen molar-refractivity contribution in [2.75, 3.05) is 5.73 Å². The Labute approximate surface area is 94.8 Å². The maximum atomic E-state index is 10.7. The number of nitrogen functional groups attached to an aromatic ring is 1. The van der Waals surface area contributed by atoms with Crippen LogP contribution in [0, 0.1) is 17.0 Å². The molecule has 88 valence electrons. The first-order chi connectivity index (χ1) is 8.06. The van der Waals surface area contributed by atoms with E-state index in [2.05, 4.69) is 20.2 Å². The molecule has 3 N–H and O–H groups in total. The average molecular weight is 236 g/mol. The molecule has 0 spiro atoms. The van der Waals surface area contributed by atoms with Gasteiger partial charge in [0.25, 0.3) is 0 Å². The summed E-state index contributed by atoms with van der Waals surface area (Å²) in [5.41, 5.74) is 5.71. The summed E-state index contributed by atoms with van der Waals surface area (Å²) < 4.78 is 5.16. The van der Waals surface area contributed by atoms with Crippen molar-refractivity contribution in [1.82, 2.24) is 20.2 Å². The fraction of sp³-hybridized carbons (Fsp3) is 0.125. The van der Waals surface area contributed by atoms with Crippen LogP contribution in [0.15, 0.2) is 12.3 Å². The zero-order valence-corrected chi connectivity index (χ0v) is 8.75. The van der Waals surface area contributed by atoms with Gasteiger partial charge in [-0.3, -0.25) is 15.2 Å². The molecule has 9 heteroatoms. The standard InChI is InChI=1S/C8H8N6O3/c1-4-2-6(13-12-4)17-7-5(14(15)16)3-10-8(9)11-7/h2-3H,1H3,(H,12,13)(H2,9,10,11). The number of anilines is 1. The monoisotopic (exact) mass is 236 g/mol. The van der Waals surface area contributed by atoms with E-state index in [0.717, 1.165) is 11.9 Å². The topological polar surface area (TPSA) is 133 Å². The second kappa shape index (κ2) is 4.04.